The molecular weight excluding hydrogens is 421 g/mol. The fourth-order valence-corrected chi connectivity index (χ4v) is 4.61. The molecule has 5 nitrogen and oxygen atoms in total. The molecular formula is C24H25F3N2O3. The standard InChI is InChI=1S/C24H25F3N2O3/c25-24(26,27)15-10-12-17(13-11-15)29-20-8-5-9-21(30)18(20)14-19(23(29)32)22(31)28-16-6-3-1-2-4-7-16/h10-14,16H,1-9H2,(H,28,31). The van der Waals surface area contributed by atoms with Crippen molar-refractivity contribution in [3.63, 3.8) is 0 Å². The van der Waals surface area contributed by atoms with Crippen LogP contribution in [0.2, 0.25) is 0 Å². The third-order valence-corrected chi connectivity index (χ3v) is 6.31. The van der Waals surface area contributed by atoms with Crippen molar-refractivity contribution in [1.82, 2.24) is 9.88 Å². The Morgan fingerprint density at radius 3 is 2.22 bits per heavy atom. The third kappa shape index (κ3) is 4.49. The highest BCUT2D eigenvalue weighted by Gasteiger charge is 2.31. The predicted octanol–water partition coefficient (Wildman–Crippen LogP) is 4.83. The molecule has 0 atom stereocenters. The molecule has 0 bridgehead atoms. The molecule has 1 heterocycles. The molecule has 8 heteroatoms. The maximum atomic E-state index is 13.3. The van der Waals surface area contributed by atoms with Crippen LogP contribution in [0.5, 0.6) is 0 Å². The quantitative estimate of drug-likeness (QED) is 0.687. The van der Waals surface area contributed by atoms with Gasteiger partial charge in [-0.3, -0.25) is 19.0 Å². The molecule has 1 amide bonds. The van der Waals surface area contributed by atoms with Gasteiger partial charge in [-0.25, -0.2) is 0 Å². The Bertz CT molecular complexity index is 1080. The number of nitrogens with one attached hydrogen (secondary N) is 1. The molecule has 1 N–H and O–H groups in total. The van der Waals surface area contributed by atoms with Crippen LogP contribution in [0.4, 0.5) is 13.2 Å². The second-order valence-corrected chi connectivity index (χ2v) is 8.54. The van der Waals surface area contributed by atoms with Gasteiger partial charge in [-0.1, -0.05) is 25.7 Å². The fourth-order valence-electron chi connectivity index (χ4n) is 4.61. The van der Waals surface area contributed by atoms with Gasteiger partial charge < -0.3 is 5.32 Å². The first kappa shape index (κ1) is 22.3. The average Bonchev–Trinajstić information content (AvgIpc) is 3.02. The second-order valence-electron chi connectivity index (χ2n) is 8.54. The summed E-state index contributed by atoms with van der Waals surface area (Å²) in [6, 6.07) is 5.54. The molecule has 0 unspecified atom stereocenters. The zero-order chi connectivity index (χ0) is 22.9. The van der Waals surface area contributed by atoms with Crippen LogP contribution in [-0.2, 0) is 12.6 Å². The van der Waals surface area contributed by atoms with Gasteiger partial charge in [0.1, 0.15) is 5.56 Å². The van der Waals surface area contributed by atoms with Crippen molar-refractivity contribution in [1.29, 1.82) is 0 Å². The lowest BCUT2D eigenvalue weighted by atomic mass is 9.92. The number of hydrogen-bond donors (Lipinski definition) is 1. The smallest absolute Gasteiger partial charge is 0.349 e. The maximum absolute atomic E-state index is 13.3. The molecule has 1 fully saturated rings. The summed E-state index contributed by atoms with van der Waals surface area (Å²) in [4.78, 5) is 39.0. The highest BCUT2D eigenvalue weighted by molar-refractivity contribution is 6.02. The summed E-state index contributed by atoms with van der Waals surface area (Å²) in [5.41, 5.74) is -0.661. The van der Waals surface area contributed by atoms with Gasteiger partial charge in [0, 0.05) is 29.4 Å². The Morgan fingerprint density at radius 1 is 0.938 bits per heavy atom. The number of hydrogen-bond acceptors (Lipinski definition) is 3. The van der Waals surface area contributed by atoms with Crippen LogP contribution in [0.1, 0.15) is 83.3 Å². The Morgan fingerprint density at radius 2 is 1.59 bits per heavy atom. The molecule has 0 aliphatic heterocycles. The predicted molar refractivity (Wildman–Crippen MR) is 113 cm³/mol. The minimum absolute atomic E-state index is 0.0318. The number of amides is 1. The zero-order valence-electron chi connectivity index (χ0n) is 17.6. The summed E-state index contributed by atoms with van der Waals surface area (Å²) in [5, 5.41) is 2.93. The van der Waals surface area contributed by atoms with Gasteiger partial charge in [0.15, 0.2) is 5.78 Å². The van der Waals surface area contributed by atoms with Crippen LogP contribution >= 0.6 is 0 Å². The number of alkyl halides is 3. The fraction of sp³-hybridized carbons (Fsp3) is 0.458. The van der Waals surface area contributed by atoms with E-state index in [-0.39, 0.29) is 23.1 Å². The van der Waals surface area contributed by atoms with E-state index >= 15 is 0 Å². The Labute approximate surface area is 183 Å². The molecule has 0 radical (unpaired) electrons. The number of pyridine rings is 1. The lowest BCUT2D eigenvalue weighted by Gasteiger charge is -2.23. The molecule has 1 saturated carbocycles. The van der Waals surface area contributed by atoms with Gasteiger partial charge in [-0.2, -0.15) is 13.2 Å². The van der Waals surface area contributed by atoms with E-state index in [4.69, 9.17) is 0 Å². The van der Waals surface area contributed by atoms with Crippen molar-refractivity contribution in [2.45, 2.75) is 70.0 Å². The Hall–Kier alpha value is -2.90. The number of Topliss-reactive ketones (excluding diaryl/α,β-unsaturated/α-hetero) is 1. The Kier molecular flexibility index (Phi) is 6.22. The number of nitrogens with zero attached hydrogens (tertiary/aromatic N) is 1. The highest BCUT2D eigenvalue weighted by Crippen LogP contribution is 2.30. The van der Waals surface area contributed by atoms with Crippen LogP contribution < -0.4 is 10.9 Å². The number of carbonyl (C=O) groups is 2. The lowest BCUT2D eigenvalue weighted by molar-refractivity contribution is -0.137. The molecule has 32 heavy (non-hydrogen) atoms. The van der Waals surface area contributed by atoms with Crippen molar-refractivity contribution < 1.29 is 22.8 Å². The minimum Gasteiger partial charge on any atom is -0.349 e. The van der Waals surface area contributed by atoms with Crippen molar-refractivity contribution in [3.8, 4) is 5.69 Å². The molecule has 2 aliphatic rings. The number of ketones is 1. The van der Waals surface area contributed by atoms with E-state index in [1.165, 1.54) is 22.8 Å². The summed E-state index contributed by atoms with van der Waals surface area (Å²) in [5.74, 6) is -0.709. The first-order valence-electron chi connectivity index (χ1n) is 11.1. The van der Waals surface area contributed by atoms with Crippen LogP contribution in [0, 0.1) is 0 Å². The van der Waals surface area contributed by atoms with Gasteiger partial charge in [-0.15, -0.1) is 0 Å². The monoisotopic (exact) mass is 446 g/mol. The van der Waals surface area contributed by atoms with Crippen LogP contribution in [-0.4, -0.2) is 22.3 Å². The van der Waals surface area contributed by atoms with E-state index in [0.717, 1.165) is 50.7 Å². The SMILES string of the molecule is O=C1CCCc2c1cc(C(=O)NC1CCCCCC1)c(=O)n2-c1ccc(C(F)(F)F)cc1. The number of halogens is 3. The molecule has 4 rings (SSSR count). The van der Waals surface area contributed by atoms with Crippen molar-refractivity contribution in [2.24, 2.45) is 0 Å². The normalized spacial score (nSPS) is 17.5. The molecule has 1 aromatic carbocycles. The van der Waals surface area contributed by atoms with Crippen LogP contribution in [0.25, 0.3) is 5.69 Å². The topological polar surface area (TPSA) is 68.2 Å². The molecule has 1 aromatic heterocycles. The first-order chi connectivity index (χ1) is 15.3. The first-order valence-corrected chi connectivity index (χ1v) is 11.1. The van der Waals surface area contributed by atoms with E-state index in [1.54, 1.807) is 0 Å². The number of aromatic nitrogens is 1. The second kappa shape index (κ2) is 8.92. The summed E-state index contributed by atoms with van der Waals surface area (Å²) in [6.07, 6.45) is 2.68. The number of fused-ring (bicyclic) bond motifs is 1. The number of rotatable bonds is 3. The summed E-state index contributed by atoms with van der Waals surface area (Å²) < 4.78 is 40.2. The van der Waals surface area contributed by atoms with Crippen molar-refractivity contribution >= 4 is 11.7 Å². The van der Waals surface area contributed by atoms with Crippen LogP contribution in [0.15, 0.2) is 35.1 Å². The van der Waals surface area contributed by atoms with Gasteiger partial charge in [0.2, 0.25) is 0 Å². The van der Waals surface area contributed by atoms with E-state index in [9.17, 15) is 27.6 Å². The van der Waals surface area contributed by atoms with Crippen molar-refractivity contribution in [3.05, 3.63) is 63.1 Å². The summed E-state index contributed by atoms with van der Waals surface area (Å²) >= 11 is 0. The maximum Gasteiger partial charge on any atom is 0.416 e. The average molecular weight is 446 g/mol. The van der Waals surface area contributed by atoms with Gasteiger partial charge in [0.05, 0.1) is 5.56 Å². The van der Waals surface area contributed by atoms with E-state index in [2.05, 4.69) is 5.32 Å². The molecule has 2 aliphatic carbocycles. The Balaban J connectivity index is 1.77. The highest BCUT2D eigenvalue weighted by atomic mass is 19.4. The van der Waals surface area contributed by atoms with E-state index < -0.39 is 23.2 Å². The van der Waals surface area contributed by atoms with Gasteiger partial charge >= 0.3 is 6.18 Å². The molecule has 0 spiro atoms. The molecule has 2 aromatic rings. The largest absolute Gasteiger partial charge is 0.416 e. The van der Waals surface area contributed by atoms with E-state index in [1.807, 2.05) is 0 Å². The number of benzene rings is 1. The van der Waals surface area contributed by atoms with Crippen LogP contribution in [0.3, 0.4) is 0 Å². The molecule has 0 saturated heterocycles. The van der Waals surface area contributed by atoms with Crippen molar-refractivity contribution in [2.75, 3.05) is 0 Å². The molecule has 170 valence electrons. The number of carbonyl (C=O) groups excluding carboxylic acids is 2. The minimum atomic E-state index is -4.50. The van der Waals surface area contributed by atoms with E-state index in [0.29, 0.717) is 30.5 Å². The zero-order valence-corrected chi connectivity index (χ0v) is 17.6. The lowest BCUT2D eigenvalue weighted by Crippen LogP contribution is -2.40. The van der Waals surface area contributed by atoms with Gasteiger partial charge in [-0.05, 0) is 56.0 Å². The summed E-state index contributed by atoms with van der Waals surface area (Å²) in [7, 11) is 0. The third-order valence-electron chi connectivity index (χ3n) is 6.31. The summed E-state index contributed by atoms with van der Waals surface area (Å²) in [6.45, 7) is 0. The van der Waals surface area contributed by atoms with Gasteiger partial charge in [0.25, 0.3) is 11.5 Å².